The lowest BCUT2D eigenvalue weighted by atomic mass is 9.86. The molecule has 9 heteroatoms. The zero-order valence-electron chi connectivity index (χ0n) is 12.0. The number of phenolic OH excluding ortho intramolecular Hbond substituents is 2. The summed E-state index contributed by atoms with van der Waals surface area (Å²) in [5, 5.41) is 49.3. The van der Waals surface area contributed by atoms with Gasteiger partial charge in [-0.25, -0.2) is 4.79 Å². The van der Waals surface area contributed by atoms with Gasteiger partial charge in [-0.2, -0.15) is 0 Å². The van der Waals surface area contributed by atoms with Crippen molar-refractivity contribution < 1.29 is 44.5 Å². The highest BCUT2D eigenvalue weighted by Crippen LogP contribution is 2.49. The minimum Gasteiger partial charge on any atom is -0.504 e. The van der Waals surface area contributed by atoms with Gasteiger partial charge in [-0.05, 0) is 6.07 Å². The quantitative estimate of drug-likeness (QED) is 0.422. The van der Waals surface area contributed by atoms with Gasteiger partial charge in [-0.15, -0.1) is 0 Å². The van der Waals surface area contributed by atoms with Crippen molar-refractivity contribution in [3.63, 3.8) is 0 Å². The van der Waals surface area contributed by atoms with Crippen LogP contribution in [0.1, 0.15) is 22.0 Å². The Bertz CT molecular complexity index is 644. The minimum atomic E-state index is -1.51. The summed E-state index contributed by atoms with van der Waals surface area (Å²) in [6.45, 7) is -0.583. The van der Waals surface area contributed by atoms with Gasteiger partial charge in [0.25, 0.3) is 0 Å². The minimum absolute atomic E-state index is 0.0368. The SMILES string of the molecule is COc1c(O)cc2c(c1O)[C@@H]1O[C@H](CO)[C@@H](O)[C@H](O)C1OC2=O. The second kappa shape index (κ2) is 5.53. The van der Waals surface area contributed by atoms with Crippen molar-refractivity contribution >= 4 is 5.97 Å². The second-order valence-corrected chi connectivity index (χ2v) is 5.37. The topological polar surface area (TPSA) is 146 Å². The molecule has 9 nitrogen and oxygen atoms in total. The number of hydrogen-bond donors (Lipinski definition) is 5. The summed E-state index contributed by atoms with van der Waals surface area (Å²) >= 11 is 0. The molecule has 0 bridgehead atoms. The second-order valence-electron chi connectivity index (χ2n) is 5.37. The zero-order chi connectivity index (χ0) is 16.9. The van der Waals surface area contributed by atoms with Gasteiger partial charge in [0.1, 0.15) is 24.4 Å². The number of benzene rings is 1. The van der Waals surface area contributed by atoms with Gasteiger partial charge in [0, 0.05) is 5.56 Å². The van der Waals surface area contributed by atoms with E-state index in [2.05, 4.69) is 0 Å². The molecule has 1 fully saturated rings. The maximum Gasteiger partial charge on any atom is 0.339 e. The van der Waals surface area contributed by atoms with Crippen LogP contribution >= 0.6 is 0 Å². The Balaban J connectivity index is 2.16. The van der Waals surface area contributed by atoms with Crippen LogP contribution in [-0.2, 0) is 9.47 Å². The van der Waals surface area contributed by atoms with Crippen LogP contribution in [0.4, 0.5) is 0 Å². The third-order valence-electron chi connectivity index (χ3n) is 4.09. The average Bonchev–Trinajstić information content (AvgIpc) is 2.52. The monoisotopic (exact) mass is 328 g/mol. The Morgan fingerprint density at radius 1 is 1.26 bits per heavy atom. The number of aliphatic hydroxyl groups is 3. The fourth-order valence-electron chi connectivity index (χ4n) is 2.95. The third kappa shape index (κ3) is 2.20. The number of methoxy groups -OCH3 is 1. The molecule has 0 spiro atoms. The van der Waals surface area contributed by atoms with Gasteiger partial charge in [0.05, 0.1) is 19.3 Å². The van der Waals surface area contributed by atoms with Crippen molar-refractivity contribution in [2.24, 2.45) is 0 Å². The number of ether oxygens (including phenoxy) is 3. The summed E-state index contributed by atoms with van der Waals surface area (Å²) in [5.74, 6) is -2.16. The van der Waals surface area contributed by atoms with Crippen LogP contribution in [0.3, 0.4) is 0 Å². The zero-order valence-corrected chi connectivity index (χ0v) is 12.0. The molecule has 0 saturated carbocycles. The van der Waals surface area contributed by atoms with Gasteiger partial charge < -0.3 is 39.7 Å². The van der Waals surface area contributed by atoms with Crippen molar-refractivity contribution in [3.05, 3.63) is 17.2 Å². The van der Waals surface area contributed by atoms with Crippen LogP contribution in [0.15, 0.2) is 6.07 Å². The molecule has 1 aromatic rings. The predicted molar refractivity (Wildman–Crippen MR) is 72.2 cm³/mol. The Morgan fingerprint density at radius 2 is 1.96 bits per heavy atom. The number of carbonyl (C=O) groups excluding carboxylic acids is 1. The molecule has 1 saturated heterocycles. The lowest BCUT2D eigenvalue weighted by Gasteiger charge is -2.44. The van der Waals surface area contributed by atoms with Gasteiger partial charge in [-0.3, -0.25) is 0 Å². The molecule has 0 amide bonds. The molecule has 5 N–H and O–H groups in total. The van der Waals surface area contributed by atoms with Crippen LogP contribution in [0.5, 0.6) is 17.2 Å². The van der Waals surface area contributed by atoms with E-state index in [-0.39, 0.29) is 16.9 Å². The van der Waals surface area contributed by atoms with E-state index in [9.17, 15) is 30.3 Å². The van der Waals surface area contributed by atoms with E-state index < -0.39 is 54.6 Å². The molecule has 0 radical (unpaired) electrons. The summed E-state index contributed by atoms with van der Waals surface area (Å²) in [5.41, 5.74) is -0.187. The first-order chi connectivity index (χ1) is 10.9. The summed E-state index contributed by atoms with van der Waals surface area (Å²) in [7, 11) is 1.22. The van der Waals surface area contributed by atoms with Crippen LogP contribution in [-0.4, -0.2) is 69.6 Å². The van der Waals surface area contributed by atoms with E-state index in [0.29, 0.717) is 0 Å². The molecule has 1 unspecified atom stereocenters. The van der Waals surface area contributed by atoms with Crippen molar-refractivity contribution in [3.8, 4) is 17.2 Å². The molecule has 0 aliphatic carbocycles. The number of fused-ring (bicyclic) bond motifs is 3. The summed E-state index contributed by atoms with van der Waals surface area (Å²) in [4.78, 5) is 12.1. The number of aromatic hydroxyl groups is 2. The van der Waals surface area contributed by atoms with Crippen LogP contribution in [0.2, 0.25) is 0 Å². The molecular formula is C14H16O9. The number of rotatable bonds is 2. The molecule has 5 atom stereocenters. The Hall–Kier alpha value is -2.07. The summed E-state index contributed by atoms with van der Waals surface area (Å²) in [6, 6.07) is 1.06. The van der Waals surface area contributed by atoms with E-state index in [1.54, 1.807) is 0 Å². The number of carbonyl (C=O) groups is 1. The normalized spacial score (nSPS) is 32.7. The maximum atomic E-state index is 12.1. The number of hydrogen-bond acceptors (Lipinski definition) is 9. The van der Waals surface area contributed by atoms with Crippen molar-refractivity contribution in [1.82, 2.24) is 0 Å². The van der Waals surface area contributed by atoms with E-state index in [1.807, 2.05) is 0 Å². The Morgan fingerprint density at radius 3 is 2.57 bits per heavy atom. The fraction of sp³-hybridized carbons (Fsp3) is 0.500. The smallest absolute Gasteiger partial charge is 0.339 e. The van der Waals surface area contributed by atoms with E-state index >= 15 is 0 Å². The highest BCUT2D eigenvalue weighted by atomic mass is 16.6. The van der Waals surface area contributed by atoms with Gasteiger partial charge >= 0.3 is 5.97 Å². The largest absolute Gasteiger partial charge is 0.504 e. The fourth-order valence-corrected chi connectivity index (χ4v) is 2.95. The van der Waals surface area contributed by atoms with E-state index in [4.69, 9.17) is 14.2 Å². The Labute approximate surface area is 130 Å². The van der Waals surface area contributed by atoms with Crippen molar-refractivity contribution in [1.29, 1.82) is 0 Å². The molecular weight excluding hydrogens is 312 g/mol. The van der Waals surface area contributed by atoms with Crippen molar-refractivity contribution in [2.75, 3.05) is 13.7 Å². The molecule has 126 valence electrons. The lowest BCUT2D eigenvalue weighted by Crippen LogP contribution is -2.58. The van der Waals surface area contributed by atoms with Crippen LogP contribution < -0.4 is 4.74 Å². The molecule has 23 heavy (non-hydrogen) atoms. The molecule has 2 aliphatic heterocycles. The first kappa shape index (κ1) is 15.8. The van der Waals surface area contributed by atoms with E-state index in [1.165, 1.54) is 7.11 Å². The number of phenols is 2. The Kier molecular flexibility index (Phi) is 3.80. The highest BCUT2D eigenvalue weighted by Gasteiger charge is 2.52. The standard InChI is InChI=1S/C14H16O9/c1-21-11-5(16)2-4-7(9(11)18)12-13(23-14(4)20)10(19)8(17)6(3-15)22-12/h2,6,8,10,12-13,15-19H,3H2,1H3/t6-,8-,10+,12+,13?/m1/s1. The number of aliphatic hydroxyl groups excluding tert-OH is 3. The van der Waals surface area contributed by atoms with E-state index in [0.717, 1.165) is 6.07 Å². The third-order valence-corrected chi connectivity index (χ3v) is 4.09. The van der Waals surface area contributed by atoms with Crippen molar-refractivity contribution in [2.45, 2.75) is 30.5 Å². The first-order valence-corrected chi connectivity index (χ1v) is 6.87. The lowest BCUT2D eigenvalue weighted by molar-refractivity contribution is -0.235. The predicted octanol–water partition coefficient (Wildman–Crippen LogP) is -1.20. The first-order valence-electron chi connectivity index (χ1n) is 6.87. The maximum absolute atomic E-state index is 12.1. The summed E-state index contributed by atoms with van der Waals surface area (Å²) < 4.78 is 15.4. The van der Waals surface area contributed by atoms with Gasteiger partial charge in [-0.1, -0.05) is 0 Å². The van der Waals surface area contributed by atoms with Gasteiger partial charge in [0.15, 0.2) is 17.6 Å². The number of esters is 1. The summed E-state index contributed by atoms with van der Waals surface area (Å²) in [6.07, 6.45) is -6.50. The van der Waals surface area contributed by atoms with Crippen LogP contribution in [0, 0.1) is 0 Å². The molecule has 0 aromatic heterocycles. The molecule has 3 rings (SSSR count). The highest BCUT2D eigenvalue weighted by molar-refractivity contribution is 5.95. The molecule has 2 heterocycles. The van der Waals surface area contributed by atoms with Crippen LogP contribution in [0.25, 0.3) is 0 Å². The average molecular weight is 328 g/mol. The molecule has 1 aromatic carbocycles. The van der Waals surface area contributed by atoms with Gasteiger partial charge in [0.2, 0.25) is 5.75 Å². The molecule has 2 aliphatic rings.